The number of hydrogen-bond donors (Lipinski definition) is 1. The highest BCUT2D eigenvalue weighted by atomic mass is 16.5. The molecule has 0 aliphatic carbocycles. The smallest absolute Gasteiger partial charge is 0.306 e. The summed E-state index contributed by atoms with van der Waals surface area (Å²) in [5.41, 5.74) is 7.59. The Morgan fingerprint density at radius 2 is 2.38 bits per heavy atom. The Morgan fingerprint density at radius 3 is 3.06 bits per heavy atom. The van der Waals surface area contributed by atoms with Crippen LogP contribution in [-0.2, 0) is 16.0 Å². The molecule has 0 radical (unpaired) electrons. The van der Waals surface area contributed by atoms with Gasteiger partial charge in [-0.05, 0) is 12.1 Å². The van der Waals surface area contributed by atoms with Crippen molar-refractivity contribution in [2.75, 3.05) is 12.8 Å². The van der Waals surface area contributed by atoms with Gasteiger partial charge >= 0.3 is 5.97 Å². The molecule has 2 aromatic rings. The van der Waals surface area contributed by atoms with Gasteiger partial charge in [-0.1, -0.05) is 6.07 Å². The van der Waals surface area contributed by atoms with E-state index in [2.05, 4.69) is 9.72 Å². The van der Waals surface area contributed by atoms with Crippen molar-refractivity contribution in [3.63, 3.8) is 0 Å². The number of carbonyl (C=O) groups excluding carboxylic acids is 1. The number of rotatable bonds is 3. The molecule has 1 heterocycles. The van der Waals surface area contributed by atoms with Gasteiger partial charge in [-0.25, -0.2) is 4.98 Å². The van der Waals surface area contributed by atoms with Crippen molar-refractivity contribution < 1.29 is 13.9 Å². The molecule has 2 rings (SSSR count). The molecule has 5 heteroatoms. The highest BCUT2D eigenvalue weighted by Gasteiger charge is 2.09. The van der Waals surface area contributed by atoms with Gasteiger partial charge in [0.1, 0.15) is 5.52 Å². The van der Waals surface area contributed by atoms with Gasteiger partial charge in [0.2, 0.25) is 0 Å². The predicted molar refractivity (Wildman–Crippen MR) is 58.8 cm³/mol. The summed E-state index contributed by atoms with van der Waals surface area (Å²) < 4.78 is 9.98. The minimum atomic E-state index is -0.282. The summed E-state index contributed by atoms with van der Waals surface area (Å²) in [6.07, 6.45) is 0.671. The molecular formula is C11H12N2O3. The number of para-hydroxylation sites is 1. The van der Waals surface area contributed by atoms with Gasteiger partial charge in [0.25, 0.3) is 0 Å². The monoisotopic (exact) mass is 220 g/mol. The summed E-state index contributed by atoms with van der Waals surface area (Å²) in [5, 5.41) is 0. The van der Waals surface area contributed by atoms with Gasteiger partial charge in [0.05, 0.1) is 19.2 Å². The van der Waals surface area contributed by atoms with Crippen molar-refractivity contribution >= 4 is 22.8 Å². The number of benzene rings is 1. The number of hydrogen-bond acceptors (Lipinski definition) is 5. The summed E-state index contributed by atoms with van der Waals surface area (Å²) in [6.45, 7) is 0. The lowest BCUT2D eigenvalue weighted by atomic mass is 10.3. The molecule has 0 unspecified atom stereocenters. The predicted octanol–water partition coefficient (Wildman–Crippen LogP) is 1.52. The molecule has 16 heavy (non-hydrogen) atoms. The van der Waals surface area contributed by atoms with Crippen LogP contribution in [0.3, 0.4) is 0 Å². The second-order valence-corrected chi connectivity index (χ2v) is 3.38. The van der Waals surface area contributed by atoms with Crippen molar-refractivity contribution in [2.24, 2.45) is 0 Å². The number of nitrogen functional groups attached to an aromatic ring is 1. The first-order valence-corrected chi connectivity index (χ1v) is 4.91. The molecule has 1 aromatic carbocycles. The number of aromatic nitrogens is 1. The van der Waals surface area contributed by atoms with Crippen molar-refractivity contribution in [3.05, 3.63) is 24.1 Å². The van der Waals surface area contributed by atoms with Crippen LogP contribution in [0.5, 0.6) is 0 Å². The van der Waals surface area contributed by atoms with Crippen LogP contribution >= 0.6 is 0 Å². The molecule has 0 amide bonds. The van der Waals surface area contributed by atoms with Crippen LogP contribution < -0.4 is 5.73 Å². The third-order valence-corrected chi connectivity index (χ3v) is 2.27. The van der Waals surface area contributed by atoms with Crippen LogP contribution in [0.4, 0.5) is 5.69 Å². The molecule has 1 aromatic heterocycles. The molecule has 0 saturated heterocycles. The van der Waals surface area contributed by atoms with E-state index in [0.29, 0.717) is 29.1 Å². The molecule has 84 valence electrons. The molecule has 0 aliphatic rings. The second-order valence-electron chi connectivity index (χ2n) is 3.38. The van der Waals surface area contributed by atoms with Gasteiger partial charge in [-0.2, -0.15) is 0 Å². The third kappa shape index (κ3) is 1.98. The van der Waals surface area contributed by atoms with Crippen molar-refractivity contribution in [2.45, 2.75) is 12.8 Å². The first kappa shape index (κ1) is 10.5. The Bertz CT molecular complexity index is 519. The fourth-order valence-corrected chi connectivity index (χ4v) is 1.43. The standard InChI is InChI=1S/C11H12N2O3/c1-15-10(14)6-5-9-13-11-7(12)3-2-4-8(11)16-9/h2-4H,5-6,12H2,1H3. The lowest BCUT2D eigenvalue weighted by Gasteiger charge is -1.94. The van der Waals surface area contributed by atoms with E-state index >= 15 is 0 Å². The van der Waals surface area contributed by atoms with E-state index < -0.39 is 0 Å². The zero-order valence-electron chi connectivity index (χ0n) is 8.90. The van der Waals surface area contributed by atoms with Gasteiger partial charge in [0, 0.05) is 6.42 Å². The minimum Gasteiger partial charge on any atom is -0.469 e. The zero-order valence-corrected chi connectivity index (χ0v) is 8.90. The van der Waals surface area contributed by atoms with E-state index in [1.54, 1.807) is 18.2 Å². The maximum absolute atomic E-state index is 11.0. The number of esters is 1. The average Bonchev–Trinajstić information content (AvgIpc) is 2.70. The fraction of sp³-hybridized carbons (Fsp3) is 0.273. The quantitative estimate of drug-likeness (QED) is 0.626. The second kappa shape index (κ2) is 4.22. The van der Waals surface area contributed by atoms with Gasteiger partial charge in [-0.15, -0.1) is 0 Å². The van der Waals surface area contributed by atoms with Crippen LogP contribution in [-0.4, -0.2) is 18.1 Å². The molecule has 0 saturated carbocycles. The molecule has 5 nitrogen and oxygen atoms in total. The lowest BCUT2D eigenvalue weighted by molar-refractivity contribution is -0.140. The van der Waals surface area contributed by atoms with Crippen LogP contribution in [0.15, 0.2) is 22.6 Å². The maximum atomic E-state index is 11.0. The molecular weight excluding hydrogens is 208 g/mol. The molecule has 2 N–H and O–H groups in total. The van der Waals surface area contributed by atoms with Crippen LogP contribution in [0.25, 0.3) is 11.1 Å². The lowest BCUT2D eigenvalue weighted by Crippen LogP contribution is -2.01. The SMILES string of the molecule is COC(=O)CCc1nc2c(N)cccc2o1. The maximum Gasteiger partial charge on any atom is 0.306 e. The molecule has 0 atom stereocenters. The molecule has 0 bridgehead atoms. The molecule has 0 spiro atoms. The van der Waals surface area contributed by atoms with Gasteiger partial charge in [-0.3, -0.25) is 4.79 Å². The summed E-state index contributed by atoms with van der Waals surface area (Å²) in [4.78, 5) is 15.2. The van der Waals surface area contributed by atoms with Crippen molar-refractivity contribution in [1.82, 2.24) is 4.98 Å². The van der Waals surface area contributed by atoms with Gasteiger partial charge < -0.3 is 14.9 Å². The number of fused-ring (bicyclic) bond motifs is 1. The van der Waals surface area contributed by atoms with Gasteiger partial charge in [0.15, 0.2) is 11.5 Å². The van der Waals surface area contributed by atoms with Crippen LogP contribution in [0.1, 0.15) is 12.3 Å². The zero-order chi connectivity index (χ0) is 11.5. The first-order chi connectivity index (χ1) is 7.70. The fourth-order valence-electron chi connectivity index (χ4n) is 1.43. The largest absolute Gasteiger partial charge is 0.469 e. The number of oxazole rings is 1. The topological polar surface area (TPSA) is 78.3 Å². The Morgan fingerprint density at radius 1 is 1.56 bits per heavy atom. The Hall–Kier alpha value is -2.04. The van der Waals surface area contributed by atoms with E-state index in [0.717, 1.165) is 0 Å². The minimum absolute atomic E-state index is 0.253. The highest BCUT2D eigenvalue weighted by Crippen LogP contribution is 2.21. The number of aryl methyl sites for hydroxylation is 1. The first-order valence-electron chi connectivity index (χ1n) is 4.91. The molecule has 0 fully saturated rings. The third-order valence-electron chi connectivity index (χ3n) is 2.27. The van der Waals surface area contributed by atoms with E-state index in [9.17, 15) is 4.79 Å². The molecule has 0 aliphatic heterocycles. The number of methoxy groups -OCH3 is 1. The highest BCUT2D eigenvalue weighted by molar-refractivity contribution is 5.85. The number of ether oxygens (including phenoxy) is 1. The van der Waals surface area contributed by atoms with Crippen molar-refractivity contribution in [1.29, 1.82) is 0 Å². The number of nitrogens with zero attached hydrogens (tertiary/aromatic N) is 1. The summed E-state index contributed by atoms with van der Waals surface area (Å²) >= 11 is 0. The van der Waals surface area contributed by atoms with Crippen LogP contribution in [0.2, 0.25) is 0 Å². The summed E-state index contributed by atoms with van der Waals surface area (Å²) in [6, 6.07) is 5.35. The number of carbonyl (C=O) groups is 1. The Labute approximate surface area is 92.2 Å². The summed E-state index contributed by atoms with van der Waals surface area (Å²) in [7, 11) is 1.35. The van der Waals surface area contributed by atoms with E-state index in [4.69, 9.17) is 10.2 Å². The summed E-state index contributed by atoms with van der Waals surface area (Å²) in [5.74, 6) is 0.216. The van der Waals surface area contributed by atoms with E-state index in [1.165, 1.54) is 7.11 Å². The van der Waals surface area contributed by atoms with Crippen LogP contribution in [0, 0.1) is 0 Å². The normalized spacial score (nSPS) is 10.6. The van der Waals surface area contributed by atoms with E-state index in [-0.39, 0.29) is 12.4 Å². The Balaban J connectivity index is 2.20. The average molecular weight is 220 g/mol. The van der Waals surface area contributed by atoms with E-state index in [1.807, 2.05) is 0 Å². The van der Waals surface area contributed by atoms with Crippen molar-refractivity contribution in [3.8, 4) is 0 Å². The number of nitrogens with two attached hydrogens (primary N) is 1. The number of anilines is 1. The Kier molecular flexibility index (Phi) is 2.76.